The Bertz CT molecular complexity index is 451. The van der Waals surface area contributed by atoms with Gasteiger partial charge in [0.15, 0.2) is 5.13 Å². The van der Waals surface area contributed by atoms with Gasteiger partial charge in [-0.2, -0.15) is 0 Å². The van der Waals surface area contributed by atoms with Crippen LogP contribution in [0.5, 0.6) is 0 Å². The molecule has 0 aromatic carbocycles. The summed E-state index contributed by atoms with van der Waals surface area (Å²) in [7, 11) is 1.42. The number of aromatic nitrogens is 1. The van der Waals surface area contributed by atoms with Crippen molar-refractivity contribution >= 4 is 28.5 Å². The molecule has 0 bridgehead atoms. The number of amides is 2. The molecule has 0 saturated carbocycles. The lowest BCUT2D eigenvalue weighted by atomic mass is 9.93. The molecule has 2 amide bonds. The second-order valence-electron chi connectivity index (χ2n) is 4.97. The van der Waals surface area contributed by atoms with Gasteiger partial charge in [-0.25, -0.2) is 9.78 Å². The number of nitrogens with zero attached hydrogens (tertiary/aromatic N) is 2. The third-order valence-electron chi connectivity index (χ3n) is 2.21. The molecule has 0 aliphatic carbocycles. The lowest BCUT2D eigenvalue weighted by Gasteiger charge is -2.15. The number of thiazole rings is 1. The number of anilines is 1. The first kappa shape index (κ1) is 14.4. The number of nitrogens with one attached hydrogen (secondary N) is 1. The number of carboxylic acid groups (broad SMARTS) is 1. The van der Waals surface area contributed by atoms with Crippen molar-refractivity contribution in [2.45, 2.75) is 26.2 Å². The van der Waals surface area contributed by atoms with Crippen molar-refractivity contribution in [3.63, 3.8) is 0 Å². The molecule has 0 aliphatic rings. The van der Waals surface area contributed by atoms with Crippen LogP contribution in [0.1, 0.15) is 26.5 Å². The summed E-state index contributed by atoms with van der Waals surface area (Å²) >= 11 is 1.32. The molecule has 1 heterocycles. The molecule has 18 heavy (non-hydrogen) atoms. The zero-order valence-corrected chi connectivity index (χ0v) is 11.7. The number of carbonyl (C=O) groups excluding carboxylic acids is 1. The summed E-state index contributed by atoms with van der Waals surface area (Å²) in [4.78, 5) is 27.5. The second-order valence-corrected chi connectivity index (χ2v) is 5.83. The van der Waals surface area contributed by atoms with Crippen molar-refractivity contribution in [2.75, 3.05) is 18.9 Å². The average molecular weight is 271 g/mol. The molecule has 0 aliphatic heterocycles. The zero-order chi connectivity index (χ0) is 13.9. The molecule has 0 fully saturated rings. The molecule has 0 spiro atoms. The Hall–Kier alpha value is -1.63. The Kier molecular flexibility index (Phi) is 4.28. The van der Waals surface area contributed by atoms with Crippen LogP contribution in [0.25, 0.3) is 0 Å². The highest BCUT2D eigenvalue weighted by atomic mass is 32.1. The SMILES string of the molecule is CN(CC(=O)O)C(=O)Nc1nc(C(C)(C)C)cs1. The van der Waals surface area contributed by atoms with Crippen LogP contribution in [0.2, 0.25) is 0 Å². The van der Waals surface area contributed by atoms with Crippen molar-refractivity contribution < 1.29 is 14.7 Å². The van der Waals surface area contributed by atoms with Crippen LogP contribution in [0.15, 0.2) is 5.38 Å². The third-order valence-corrected chi connectivity index (χ3v) is 2.96. The summed E-state index contributed by atoms with van der Waals surface area (Å²) in [6, 6.07) is -0.479. The molecule has 1 aromatic heterocycles. The number of rotatable bonds is 3. The summed E-state index contributed by atoms with van der Waals surface area (Å²) in [5.74, 6) is -1.05. The van der Waals surface area contributed by atoms with Crippen LogP contribution in [0, 0.1) is 0 Å². The predicted molar refractivity (Wildman–Crippen MR) is 70.1 cm³/mol. The Labute approximate surface area is 110 Å². The van der Waals surface area contributed by atoms with E-state index >= 15 is 0 Å². The fourth-order valence-electron chi connectivity index (χ4n) is 1.14. The first-order chi connectivity index (χ1) is 8.20. The summed E-state index contributed by atoms with van der Waals surface area (Å²) in [5.41, 5.74) is 0.815. The maximum absolute atomic E-state index is 11.6. The van der Waals surface area contributed by atoms with E-state index in [0.717, 1.165) is 10.6 Å². The Balaban J connectivity index is 2.65. The van der Waals surface area contributed by atoms with E-state index in [2.05, 4.69) is 10.3 Å². The highest BCUT2D eigenvalue weighted by molar-refractivity contribution is 7.13. The van der Waals surface area contributed by atoms with Crippen molar-refractivity contribution in [1.29, 1.82) is 0 Å². The summed E-state index contributed by atoms with van der Waals surface area (Å²) < 4.78 is 0. The van der Waals surface area contributed by atoms with E-state index < -0.39 is 12.0 Å². The first-order valence-electron chi connectivity index (χ1n) is 5.40. The van der Waals surface area contributed by atoms with E-state index in [1.165, 1.54) is 18.4 Å². The smallest absolute Gasteiger partial charge is 0.323 e. The highest BCUT2D eigenvalue weighted by Gasteiger charge is 2.19. The molecule has 0 atom stereocenters. The summed E-state index contributed by atoms with van der Waals surface area (Å²) in [5, 5.41) is 13.5. The molecule has 1 rings (SSSR count). The average Bonchev–Trinajstić information content (AvgIpc) is 2.64. The van der Waals surface area contributed by atoms with Crippen LogP contribution in [0.3, 0.4) is 0 Å². The Morgan fingerprint density at radius 1 is 1.50 bits per heavy atom. The number of likely N-dealkylation sites (N-methyl/N-ethyl adjacent to an activating group) is 1. The van der Waals surface area contributed by atoms with E-state index in [4.69, 9.17) is 5.11 Å². The molecule has 2 N–H and O–H groups in total. The number of aliphatic carboxylic acids is 1. The van der Waals surface area contributed by atoms with E-state index in [9.17, 15) is 9.59 Å². The molecule has 0 saturated heterocycles. The van der Waals surface area contributed by atoms with Gasteiger partial charge in [0.2, 0.25) is 0 Å². The highest BCUT2D eigenvalue weighted by Crippen LogP contribution is 2.26. The standard InChI is InChI=1S/C11H17N3O3S/c1-11(2,3)7-6-18-9(12-7)13-10(17)14(4)5-8(15)16/h6H,5H2,1-4H3,(H,15,16)(H,12,13,17). The van der Waals surface area contributed by atoms with E-state index in [1.807, 2.05) is 26.2 Å². The number of hydrogen-bond acceptors (Lipinski definition) is 4. The molecule has 6 nitrogen and oxygen atoms in total. The largest absolute Gasteiger partial charge is 0.480 e. The molecule has 0 unspecified atom stereocenters. The Morgan fingerprint density at radius 3 is 2.56 bits per heavy atom. The maximum Gasteiger partial charge on any atom is 0.323 e. The molecule has 7 heteroatoms. The lowest BCUT2D eigenvalue weighted by molar-refractivity contribution is -0.137. The number of hydrogen-bond donors (Lipinski definition) is 2. The van der Waals surface area contributed by atoms with E-state index in [-0.39, 0.29) is 12.0 Å². The van der Waals surface area contributed by atoms with Crippen LogP contribution < -0.4 is 5.32 Å². The molecule has 1 aromatic rings. The Morgan fingerprint density at radius 2 is 2.11 bits per heavy atom. The minimum atomic E-state index is -1.05. The second kappa shape index (κ2) is 5.34. The quantitative estimate of drug-likeness (QED) is 0.880. The van der Waals surface area contributed by atoms with Gasteiger partial charge >= 0.3 is 12.0 Å². The van der Waals surface area contributed by atoms with Crippen LogP contribution >= 0.6 is 11.3 Å². The first-order valence-corrected chi connectivity index (χ1v) is 6.28. The van der Waals surface area contributed by atoms with Crippen LogP contribution in [0.4, 0.5) is 9.93 Å². The minimum absolute atomic E-state index is 0.0769. The van der Waals surface area contributed by atoms with Crippen molar-refractivity contribution in [3.05, 3.63) is 11.1 Å². The van der Waals surface area contributed by atoms with Crippen molar-refractivity contribution in [1.82, 2.24) is 9.88 Å². The molecular weight excluding hydrogens is 254 g/mol. The van der Waals surface area contributed by atoms with Gasteiger partial charge in [-0.05, 0) is 0 Å². The van der Waals surface area contributed by atoms with Gasteiger partial charge < -0.3 is 10.0 Å². The van der Waals surface area contributed by atoms with Crippen LogP contribution in [-0.4, -0.2) is 40.6 Å². The van der Waals surface area contributed by atoms with Gasteiger partial charge in [0.1, 0.15) is 6.54 Å². The van der Waals surface area contributed by atoms with Crippen molar-refractivity contribution in [2.24, 2.45) is 0 Å². The zero-order valence-electron chi connectivity index (χ0n) is 10.9. The maximum atomic E-state index is 11.6. The van der Waals surface area contributed by atoms with Gasteiger partial charge in [0.25, 0.3) is 0 Å². The fourth-order valence-corrected chi connectivity index (χ4v) is 2.06. The van der Waals surface area contributed by atoms with Gasteiger partial charge in [-0.1, -0.05) is 20.8 Å². The fraction of sp³-hybridized carbons (Fsp3) is 0.545. The molecule has 100 valence electrons. The lowest BCUT2D eigenvalue weighted by Crippen LogP contribution is -2.35. The predicted octanol–water partition coefficient (Wildman–Crippen LogP) is 1.99. The van der Waals surface area contributed by atoms with Crippen LogP contribution in [-0.2, 0) is 10.2 Å². The molecular formula is C11H17N3O3S. The van der Waals surface area contributed by atoms with E-state index in [1.54, 1.807) is 0 Å². The topological polar surface area (TPSA) is 82.5 Å². The van der Waals surface area contributed by atoms with Gasteiger partial charge in [-0.3, -0.25) is 10.1 Å². The summed E-state index contributed by atoms with van der Waals surface area (Å²) in [6.07, 6.45) is 0. The van der Waals surface area contributed by atoms with Gasteiger partial charge in [0.05, 0.1) is 5.69 Å². The monoisotopic (exact) mass is 271 g/mol. The minimum Gasteiger partial charge on any atom is -0.480 e. The molecule has 0 radical (unpaired) electrons. The number of carboxylic acids is 1. The number of carbonyl (C=O) groups is 2. The third kappa shape index (κ3) is 3.99. The van der Waals surface area contributed by atoms with Gasteiger partial charge in [-0.15, -0.1) is 11.3 Å². The summed E-state index contributed by atoms with van der Waals surface area (Å²) in [6.45, 7) is 5.75. The van der Waals surface area contributed by atoms with E-state index in [0.29, 0.717) is 5.13 Å². The normalized spacial score (nSPS) is 11.1. The number of urea groups is 1. The van der Waals surface area contributed by atoms with Gasteiger partial charge in [0, 0.05) is 17.8 Å². The van der Waals surface area contributed by atoms with Crippen molar-refractivity contribution in [3.8, 4) is 0 Å².